The lowest BCUT2D eigenvalue weighted by molar-refractivity contribution is -0.129. The highest BCUT2D eigenvalue weighted by atomic mass is 32.1. The van der Waals surface area contributed by atoms with Crippen molar-refractivity contribution in [2.75, 3.05) is 31.6 Å². The van der Waals surface area contributed by atoms with E-state index in [1.807, 2.05) is 0 Å². The molecule has 1 aliphatic rings. The van der Waals surface area contributed by atoms with Crippen molar-refractivity contribution in [2.24, 2.45) is 5.73 Å². The molecule has 6 heteroatoms. The molecule has 0 atom stereocenters. The first-order chi connectivity index (χ1) is 8.49. The average Bonchev–Trinajstić information content (AvgIpc) is 2.32. The average molecular weight is 267 g/mol. The summed E-state index contributed by atoms with van der Waals surface area (Å²) in [5.74, 6) is -0.420. The van der Waals surface area contributed by atoms with E-state index in [0.717, 1.165) is 0 Å². The van der Waals surface area contributed by atoms with Crippen molar-refractivity contribution in [3.05, 3.63) is 29.6 Å². The number of halogens is 1. The molecule has 2 N–H and O–H groups in total. The summed E-state index contributed by atoms with van der Waals surface area (Å²) in [5.41, 5.74) is 6.35. The Kier molecular flexibility index (Phi) is 3.47. The molecule has 1 fully saturated rings. The minimum atomic E-state index is -0.405. The smallest absolute Gasteiger partial charge is 0.241 e. The number of hydrogen-bond donors (Lipinski definition) is 1. The lowest BCUT2D eigenvalue weighted by atomic mass is 10.1. The van der Waals surface area contributed by atoms with Crippen molar-refractivity contribution in [2.45, 2.75) is 0 Å². The summed E-state index contributed by atoms with van der Waals surface area (Å²) in [6.07, 6.45) is 0. The third-order valence-corrected chi connectivity index (χ3v) is 3.27. The molecule has 0 aromatic heterocycles. The molecule has 1 heterocycles. The maximum Gasteiger partial charge on any atom is 0.241 e. The molecule has 1 saturated heterocycles. The Bertz CT molecular complexity index is 506. The number of thiocarbonyl (C=S) groups is 1. The Balaban J connectivity index is 2.24. The van der Waals surface area contributed by atoms with Crippen molar-refractivity contribution in [1.82, 2.24) is 4.90 Å². The second-order valence-electron chi connectivity index (χ2n) is 4.27. The molecular formula is C12H14FN3OS. The van der Waals surface area contributed by atoms with Gasteiger partial charge in [-0.1, -0.05) is 12.2 Å². The van der Waals surface area contributed by atoms with Crippen LogP contribution in [0.2, 0.25) is 0 Å². The lowest BCUT2D eigenvalue weighted by Gasteiger charge is -2.33. The fraction of sp³-hybridized carbons (Fsp3) is 0.333. The van der Waals surface area contributed by atoms with Crippen molar-refractivity contribution in [3.8, 4) is 0 Å². The largest absolute Gasteiger partial charge is 0.389 e. The summed E-state index contributed by atoms with van der Waals surface area (Å²) in [7, 11) is 1.74. The number of anilines is 1. The van der Waals surface area contributed by atoms with E-state index in [2.05, 4.69) is 0 Å². The van der Waals surface area contributed by atoms with Crippen LogP contribution in [0.15, 0.2) is 18.2 Å². The Labute approximate surface area is 110 Å². The predicted molar refractivity (Wildman–Crippen MR) is 72.1 cm³/mol. The van der Waals surface area contributed by atoms with Gasteiger partial charge in [0, 0.05) is 25.7 Å². The van der Waals surface area contributed by atoms with Crippen LogP contribution >= 0.6 is 12.2 Å². The fourth-order valence-electron chi connectivity index (χ4n) is 1.88. The zero-order chi connectivity index (χ0) is 13.3. The fourth-order valence-corrected chi connectivity index (χ4v) is 2.01. The van der Waals surface area contributed by atoms with Crippen LogP contribution in [0, 0.1) is 5.82 Å². The molecule has 1 amide bonds. The molecule has 0 saturated carbocycles. The van der Waals surface area contributed by atoms with Gasteiger partial charge in [0.25, 0.3) is 0 Å². The summed E-state index contributed by atoms with van der Waals surface area (Å²) < 4.78 is 13.9. The molecule has 1 aromatic rings. The van der Waals surface area contributed by atoms with E-state index in [-0.39, 0.29) is 17.4 Å². The predicted octanol–water partition coefficient (Wildman–Crippen LogP) is 0.738. The first-order valence-corrected chi connectivity index (χ1v) is 5.98. The monoisotopic (exact) mass is 267 g/mol. The number of carbonyl (C=O) groups is 1. The van der Waals surface area contributed by atoms with E-state index in [0.29, 0.717) is 24.3 Å². The van der Waals surface area contributed by atoms with Gasteiger partial charge in [-0.05, 0) is 18.2 Å². The number of nitrogens with two attached hydrogens (primary N) is 1. The van der Waals surface area contributed by atoms with Gasteiger partial charge in [0.2, 0.25) is 5.91 Å². The van der Waals surface area contributed by atoms with E-state index in [4.69, 9.17) is 18.0 Å². The van der Waals surface area contributed by atoms with E-state index in [9.17, 15) is 9.18 Å². The summed E-state index contributed by atoms with van der Waals surface area (Å²) in [5, 5.41) is 0. The quantitative estimate of drug-likeness (QED) is 0.803. The van der Waals surface area contributed by atoms with Crippen molar-refractivity contribution in [3.63, 3.8) is 0 Å². The molecule has 4 nitrogen and oxygen atoms in total. The van der Waals surface area contributed by atoms with Gasteiger partial charge in [-0.3, -0.25) is 4.79 Å². The highest BCUT2D eigenvalue weighted by Gasteiger charge is 2.23. The minimum Gasteiger partial charge on any atom is -0.389 e. The van der Waals surface area contributed by atoms with Crippen molar-refractivity contribution < 1.29 is 9.18 Å². The number of benzene rings is 1. The van der Waals surface area contributed by atoms with Gasteiger partial charge in [0.05, 0.1) is 12.2 Å². The SMILES string of the molecule is CN1CCN(c2ccc(C(N)=S)cc2F)CC1=O. The normalized spacial score (nSPS) is 16.0. The van der Waals surface area contributed by atoms with Crippen molar-refractivity contribution >= 4 is 28.8 Å². The summed E-state index contributed by atoms with van der Waals surface area (Å²) >= 11 is 4.79. The second-order valence-corrected chi connectivity index (χ2v) is 4.71. The number of piperazine rings is 1. The molecule has 96 valence electrons. The molecule has 18 heavy (non-hydrogen) atoms. The summed E-state index contributed by atoms with van der Waals surface area (Å²) in [4.78, 5) is 15.1. The maximum atomic E-state index is 13.9. The van der Waals surface area contributed by atoms with E-state index < -0.39 is 5.82 Å². The standard InChI is InChI=1S/C12H14FN3OS/c1-15-4-5-16(7-11(15)17)10-3-2-8(12(14)18)6-9(10)13/h2-3,6H,4-5,7H2,1H3,(H2,14,18). The first-order valence-electron chi connectivity index (χ1n) is 5.57. The van der Waals surface area contributed by atoms with Gasteiger partial charge in [0.15, 0.2) is 0 Å². The Morgan fingerprint density at radius 2 is 2.17 bits per heavy atom. The molecule has 0 radical (unpaired) electrons. The maximum absolute atomic E-state index is 13.9. The van der Waals surface area contributed by atoms with Gasteiger partial charge in [-0.25, -0.2) is 4.39 Å². The number of carbonyl (C=O) groups excluding carboxylic acids is 1. The van der Waals surface area contributed by atoms with Crippen LogP contribution in [0.25, 0.3) is 0 Å². The Hall–Kier alpha value is -1.69. The van der Waals surface area contributed by atoms with Crippen LogP contribution in [0.1, 0.15) is 5.56 Å². The van der Waals surface area contributed by atoms with Crippen molar-refractivity contribution in [1.29, 1.82) is 0 Å². The van der Waals surface area contributed by atoms with Gasteiger partial charge in [-0.2, -0.15) is 0 Å². The Morgan fingerprint density at radius 3 is 2.72 bits per heavy atom. The topological polar surface area (TPSA) is 49.6 Å². The van der Waals surface area contributed by atoms with E-state index >= 15 is 0 Å². The Morgan fingerprint density at radius 1 is 1.44 bits per heavy atom. The molecule has 2 rings (SSSR count). The number of likely N-dealkylation sites (N-methyl/N-ethyl adjacent to an activating group) is 1. The van der Waals surface area contributed by atoms with Crippen LogP contribution in [0.5, 0.6) is 0 Å². The van der Waals surface area contributed by atoms with Gasteiger partial charge in [-0.15, -0.1) is 0 Å². The van der Waals surface area contributed by atoms with Crippen LogP contribution in [0.4, 0.5) is 10.1 Å². The number of hydrogen-bond acceptors (Lipinski definition) is 3. The zero-order valence-corrected chi connectivity index (χ0v) is 10.8. The van der Waals surface area contributed by atoms with Crippen LogP contribution in [0.3, 0.4) is 0 Å². The summed E-state index contributed by atoms with van der Waals surface area (Å²) in [6, 6.07) is 4.59. The van der Waals surface area contributed by atoms with Crippen LogP contribution < -0.4 is 10.6 Å². The van der Waals surface area contributed by atoms with Gasteiger partial charge in [0.1, 0.15) is 10.8 Å². The minimum absolute atomic E-state index is 0.0147. The molecule has 1 aromatic carbocycles. The first kappa shape index (κ1) is 12.8. The van der Waals surface area contributed by atoms with E-state index in [1.54, 1.807) is 29.0 Å². The molecule has 0 bridgehead atoms. The van der Waals surface area contributed by atoms with Gasteiger partial charge >= 0.3 is 0 Å². The highest BCUT2D eigenvalue weighted by molar-refractivity contribution is 7.80. The third-order valence-electron chi connectivity index (χ3n) is 3.03. The molecule has 0 unspecified atom stereocenters. The number of amides is 1. The number of nitrogens with zero attached hydrogens (tertiary/aromatic N) is 2. The van der Waals surface area contributed by atoms with E-state index in [1.165, 1.54) is 6.07 Å². The third kappa shape index (κ3) is 2.43. The molecular weight excluding hydrogens is 253 g/mol. The lowest BCUT2D eigenvalue weighted by Crippen LogP contribution is -2.48. The summed E-state index contributed by atoms with van der Waals surface area (Å²) in [6.45, 7) is 1.40. The number of rotatable bonds is 2. The molecule has 1 aliphatic heterocycles. The second kappa shape index (κ2) is 4.89. The molecule has 0 spiro atoms. The van der Waals surface area contributed by atoms with Gasteiger partial charge < -0.3 is 15.5 Å². The highest BCUT2D eigenvalue weighted by Crippen LogP contribution is 2.22. The van der Waals surface area contributed by atoms with Crippen LogP contribution in [-0.2, 0) is 4.79 Å². The van der Waals surface area contributed by atoms with Crippen LogP contribution in [-0.4, -0.2) is 42.5 Å². The zero-order valence-electron chi connectivity index (χ0n) is 10.0. The molecule has 0 aliphatic carbocycles.